The summed E-state index contributed by atoms with van der Waals surface area (Å²) in [5.41, 5.74) is 1.20. The summed E-state index contributed by atoms with van der Waals surface area (Å²) in [6.07, 6.45) is 2.99. The highest BCUT2D eigenvalue weighted by atomic mass is 32.1. The van der Waals surface area contributed by atoms with Gasteiger partial charge >= 0.3 is 0 Å². The topological polar surface area (TPSA) is 67.9 Å². The lowest BCUT2D eigenvalue weighted by atomic mass is 10.1. The molecule has 2 aromatic rings. The van der Waals surface area contributed by atoms with Crippen LogP contribution in [0.15, 0.2) is 60.7 Å². The average molecular weight is 440 g/mol. The molecule has 0 bridgehead atoms. The SMILES string of the molecule is C=CCN1C(=O)C(=Cc2ccc(OCc3cccc(F)c3)c(OCC)c2)C(=O)NC1=S. The van der Waals surface area contributed by atoms with Crippen molar-refractivity contribution in [3.8, 4) is 11.5 Å². The number of amides is 2. The Hall–Kier alpha value is -3.52. The van der Waals surface area contributed by atoms with E-state index in [0.29, 0.717) is 29.2 Å². The number of carbonyl (C=O) groups is 2. The van der Waals surface area contributed by atoms with Gasteiger partial charge in [0.25, 0.3) is 11.8 Å². The van der Waals surface area contributed by atoms with Crippen molar-refractivity contribution in [2.75, 3.05) is 13.2 Å². The molecule has 6 nitrogen and oxygen atoms in total. The van der Waals surface area contributed by atoms with Crippen LogP contribution in [-0.2, 0) is 16.2 Å². The predicted octanol–water partition coefficient (Wildman–Crippen LogP) is 3.62. The van der Waals surface area contributed by atoms with Crippen molar-refractivity contribution >= 4 is 35.2 Å². The van der Waals surface area contributed by atoms with Crippen molar-refractivity contribution in [1.82, 2.24) is 10.2 Å². The van der Waals surface area contributed by atoms with Gasteiger partial charge in [-0.05, 0) is 60.6 Å². The second kappa shape index (κ2) is 9.99. The highest BCUT2D eigenvalue weighted by Gasteiger charge is 2.32. The smallest absolute Gasteiger partial charge is 0.265 e. The molecule has 31 heavy (non-hydrogen) atoms. The molecule has 2 amide bonds. The maximum atomic E-state index is 13.4. The van der Waals surface area contributed by atoms with E-state index < -0.39 is 11.8 Å². The first-order valence-corrected chi connectivity index (χ1v) is 9.97. The Bertz CT molecular complexity index is 1070. The van der Waals surface area contributed by atoms with Crippen molar-refractivity contribution in [3.63, 3.8) is 0 Å². The average Bonchev–Trinajstić information content (AvgIpc) is 2.74. The molecule has 8 heteroatoms. The largest absolute Gasteiger partial charge is 0.490 e. The van der Waals surface area contributed by atoms with Gasteiger partial charge in [0, 0.05) is 6.54 Å². The Morgan fingerprint density at radius 3 is 2.68 bits per heavy atom. The van der Waals surface area contributed by atoms with Crippen LogP contribution in [0.25, 0.3) is 6.08 Å². The molecule has 1 N–H and O–H groups in total. The van der Waals surface area contributed by atoms with Crippen molar-refractivity contribution in [3.05, 3.63) is 77.6 Å². The van der Waals surface area contributed by atoms with Crippen LogP contribution in [-0.4, -0.2) is 35.0 Å². The normalized spacial score (nSPS) is 15.1. The van der Waals surface area contributed by atoms with Crippen LogP contribution in [0.5, 0.6) is 11.5 Å². The molecule has 1 aliphatic heterocycles. The molecule has 1 fully saturated rings. The van der Waals surface area contributed by atoms with Gasteiger partial charge in [0.15, 0.2) is 16.6 Å². The molecule has 0 saturated carbocycles. The molecule has 0 atom stereocenters. The number of halogens is 1. The van der Waals surface area contributed by atoms with Gasteiger partial charge < -0.3 is 9.47 Å². The summed E-state index contributed by atoms with van der Waals surface area (Å²) in [4.78, 5) is 26.2. The number of nitrogens with zero attached hydrogens (tertiary/aromatic N) is 1. The third-order valence-electron chi connectivity index (χ3n) is 4.36. The minimum atomic E-state index is -0.570. The van der Waals surface area contributed by atoms with Crippen LogP contribution in [0.1, 0.15) is 18.1 Å². The highest BCUT2D eigenvalue weighted by molar-refractivity contribution is 7.80. The Kier molecular flexibility index (Phi) is 7.15. The summed E-state index contributed by atoms with van der Waals surface area (Å²) >= 11 is 5.05. The lowest BCUT2D eigenvalue weighted by molar-refractivity contribution is -0.128. The van der Waals surface area contributed by atoms with Crippen molar-refractivity contribution < 1.29 is 23.5 Å². The fourth-order valence-corrected chi connectivity index (χ4v) is 3.20. The van der Waals surface area contributed by atoms with E-state index in [1.165, 1.54) is 29.2 Å². The quantitative estimate of drug-likeness (QED) is 0.294. The summed E-state index contributed by atoms with van der Waals surface area (Å²) in [5, 5.41) is 2.55. The summed E-state index contributed by atoms with van der Waals surface area (Å²) in [6, 6.07) is 11.2. The van der Waals surface area contributed by atoms with Gasteiger partial charge in [-0.25, -0.2) is 4.39 Å². The summed E-state index contributed by atoms with van der Waals surface area (Å²) < 4.78 is 24.8. The fraction of sp³-hybridized carbons (Fsp3) is 0.174. The van der Waals surface area contributed by atoms with Crippen LogP contribution < -0.4 is 14.8 Å². The number of nitrogens with one attached hydrogen (secondary N) is 1. The zero-order valence-electron chi connectivity index (χ0n) is 16.9. The second-order valence-electron chi connectivity index (χ2n) is 6.58. The molecule has 1 saturated heterocycles. The van der Waals surface area contributed by atoms with E-state index in [1.807, 2.05) is 6.92 Å². The predicted molar refractivity (Wildman–Crippen MR) is 119 cm³/mol. The van der Waals surface area contributed by atoms with Crippen LogP contribution in [0.4, 0.5) is 4.39 Å². The van der Waals surface area contributed by atoms with E-state index >= 15 is 0 Å². The van der Waals surface area contributed by atoms with Gasteiger partial charge in [0.2, 0.25) is 0 Å². The van der Waals surface area contributed by atoms with Gasteiger partial charge in [-0.3, -0.25) is 19.8 Å². The Balaban J connectivity index is 1.85. The molecule has 0 aromatic heterocycles. The van der Waals surface area contributed by atoms with Gasteiger partial charge in [-0.1, -0.05) is 24.3 Å². The Morgan fingerprint density at radius 1 is 1.16 bits per heavy atom. The third kappa shape index (κ3) is 5.35. The number of hydrogen-bond donors (Lipinski definition) is 1. The van der Waals surface area contributed by atoms with Crippen LogP contribution >= 0.6 is 12.2 Å². The molecule has 2 aromatic carbocycles. The highest BCUT2D eigenvalue weighted by Crippen LogP contribution is 2.30. The van der Waals surface area contributed by atoms with E-state index in [0.717, 1.165) is 0 Å². The molecule has 1 heterocycles. The molecular formula is C23H21FN2O4S. The molecule has 160 valence electrons. The van der Waals surface area contributed by atoms with Crippen molar-refractivity contribution in [2.24, 2.45) is 0 Å². The summed E-state index contributed by atoms with van der Waals surface area (Å²) in [6.45, 7) is 6.16. The first kappa shape index (κ1) is 22.2. The third-order valence-corrected chi connectivity index (χ3v) is 4.68. The van der Waals surface area contributed by atoms with E-state index in [2.05, 4.69) is 11.9 Å². The maximum absolute atomic E-state index is 13.4. The van der Waals surface area contributed by atoms with E-state index in [-0.39, 0.29) is 29.7 Å². The zero-order valence-corrected chi connectivity index (χ0v) is 17.7. The maximum Gasteiger partial charge on any atom is 0.265 e. The first-order valence-electron chi connectivity index (χ1n) is 9.56. The number of hydrogen-bond acceptors (Lipinski definition) is 5. The van der Waals surface area contributed by atoms with E-state index in [4.69, 9.17) is 21.7 Å². The van der Waals surface area contributed by atoms with Crippen molar-refractivity contribution in [2.45, 2.75) is 13.5 Å². The number of benzene rings is 2. The number of ether oxygens (including phenoxy) is 2. The zero-order chi connectivity index (χ0) is 22.4. The molecular weight excluding hydrogens is 419 g/mol. The molecule has 0 unspecified atom stereocenters. The van der Waals surface area contributed by atoms with Crippen LogP contribution in [0, 0.1) is 5.82 Å². The lowest BCUT2D eigenvalue weighted by Crippen LogP contribution is -2.53. The van der Waals surface area contributed by atoms with Crippen LogP contribution in [0.3, 0.4) is 0 Å². The fourth-order valence-electron chi connectivity index (χ4n) is 2.95. The summed E-state index contributed by atoms with van der Waals surface area (Å²) in [7, 11) is 0. The minimum Gasteiger partial charge on any atom is -0.490 e. The number of thiocarbonyl (C=S) groups is 1. The first-order chi connectivity index (χ1) is 14.9. The van der Waals surface area contributed by atoms with Crippen LogP contribution in [0.2, 0.25) is 0 Å². The van der Waals surface area contributed by atoms with Gasteiger partial charge in [0.1, 0.15) is 18.0 Å². The molecule has 0 aliphatic carbocycles. The number of carbonyl (C=O) groups excluding carboxylic acids is 2. The monoisotopic (exact) mass is 440 g/mol. The second-order valence-corrected chi connectivity index (χ2v) is 6.97. The van der Waals surface area contributed by atoms with E-state index in [9.17, 15) is 14.0 Å². The van der Waals surface area contributed by atoms with E-state index in [1.54, 1.807) is 30.3 Å². The van der Waals surface area contributed by atoms with Crippen molar-refractivity contribution in [1.29, 1.82) is 0 Å². The molecule has 3 rings (SSSR count). The van der Waals surface area contributed by atoms with Gasteiger partial charge in [-0.15, -0.1) is 6.58 Å². The number of rotatable bonds is 8. The minimum absolute atomic E-state index is 0.0446. The Labute approximate surface area is 185 Å². The molecule has 0 radical (unpaired) electrons. The molecule has 1 aliphatic rings. The Morgan fingerprint density at radius 2 is 1.97 bits per heavy atom. The van der Waals surface area contributed by atoms with Gasteiger partial charge in [0.05, 0.1) is 6.61 Å². The standard InChI is InChI=1S/C23H21FN2O4S/c1-3-10-26-22(28)18(21(27)25-23(26)31)12-15-8-9-19(20(13-15)29-4-2)30-14-16-6-5-7-17(24)11-16/h3,5-9,11-13H,1,4,10,14H2,2H3,(H,25,27,31). The molecule has 0 spiro atoms. The van der Waals surface area contributed by atoms with Gasteiger partial charge in [-0.2, -0.15) is 0 Å². The summed E-state index contributed by atoms with van der Waals surface area (Å²) in [5.74, 6) is -0.510. The lowest BCUT2D eigenvalue weighted by Gasteiger charge is -2.27.